The number of allylic oxidation sites excluding steroid dienone is 2. The Morgan fingerprint density at radius 2 is 2.43 bits per heavy atom. The molecule has 4 heteroatoms. The van der Waals surface area contributed by atoms with E-state index in [1.54, 1.807) is 13.3 Å². The lowest BCUT2D eigenvalue weighted by molar-refractivity contribution is 0.412. The van der Waals surface area contributed by atoms with E-state index in [2.05, 4.69) is 11.2 Å². The maximum Gasteiger partial charge on any atom is 0.164 e. The van der Waals surface area contributed by atoms with Crippen LogP contribution >= 0.6 is 11.6 Å². The van der Waals surface area contributed by atoms with Crippen LogP contribution in [0.25, 0.3) is 5.57 Å². The molecule has 0 spiro atoms. The summed E-state index contributed by atoms with van der Waals surface area (Å²) < 4.78 is 7.08. The quantitative estimate of drug-likeness (QED) is 0.703. The first-order valence-electron chi connectivity index (χ1n) is 4.63. The van der Waals surface area contributed by atoms with Gasteiger partial charge < -0.3 is 4.74 Å². The molecule has 0 aromatic carbocycles. The SMILES string of the molecule is COc1cnn(C)c1C1=CC(Cl)CC1. The van der Waals surface area contributed by atoms with E-state index in [9.17, 15) is 0 Å². The van der Waals surface area contributed by atoms with Crippen molar-refractivity contribution < 1.29 is 4.74 Å². The average Bonchev–Trinajstić information content (AvgIpc) is 2.71. The fourth-order valence-corrected chi connectivity index (χ4v) is 2.07. The van der Waals surface area contributed by atoms with Gasteiger partial charge in [-0.2, -0.15) is 5.10 Å². The fourth-order valence-electron chi connectivity index (χ4n) is 1.81. The summed E-state index contributed by atoms with van der Waals surface area (Å²) in [4.78, 5) is 0. The number of halogens is 1. The van der Waals surface area contributed by atoms with Crippen LogP contribution in [0.4, 0.5) is 0 Å². The number of nitrogens with zero attached hydrogens (tertiary/aromatic N) is 2. The molecule has 0 saturated heterocycles. The zero-order valence-corrected chi connectivity index (χ0v) is 9.08. The van der Waals surface area contributed by atoms with Crippen LogP contribution in [0.2, 0.25) is 0 Å². The van der Waals surface area contributed by atoms with Gasteiger partial charge in [0.05, 0.1) is 18.7 Å². The van der Waals surface area contributed by atoms with E-state index in [0.29, 0.717) is 0 Å². The number of ether oxygens (including phenoxy) is 1. The van der Waals surface area contributed by atoms with Gasteiger partial charge in [0.2, 0.25) is 0 Å². The first-order valence-corrected chi connectivity index (χ1v) is 5.07. The molecule has 0 radical (unpaired) electrons. The summed E-state index contributed by atoms with van der Waals surface area (Å²) in [5.41, 5.74) is 2.29. The third-order valence-electron chi connectivity index (χ3n) is 2.50. The largest absolute Gasteiger partial charge is 0.493 e. The van der Waals surface area contributed by atoms with E-state index in [-0.39, 0.29) is 5.38 Å². The number of alkyl halides is 1. The lowest BCUT2D eigenvalue weighted by Gasteiger charge is -2.05. The Hall–Kier alpha value is -0.960. The Bertz CT molecular complexity index is 370. The van der Waals surface area contributed by atoms with Crippen molar-refractivity contribution in [1.29, 1.82) is 0 Å². The number of rotatable bonds is 2. The summed E-state index contributed by atoms with van der Waals surface area (Å²) in [5, 5.41) is 4.32. The molecular formula is C10H13ClN2O. The van der Waals surface area contributed by atoms with Crippen LogP contribution in [0.15, 0.2) is 12.3 Å². The molecule has 76 valence electrons. The zero-order valence-electron chi connectivity index (χ0n) is 8.33. The van der Waals surface area contributed by atoms with Gasteiger partial charge >= 0.3 is 0 Å². The Kier molecular flexibility index (Phi) is 2.50. The molecule has 1 unspecified atom stereocenters. The molecule has 1 aliphatic carbocycles. The molecule has 1 atom stereocenters. The molecule has 1 aromatic heterocycles. The van der Waals surface area contributed by atoms with Crippen molar-refractivity contribution in [2.75, 3.05) is 7.11 Å². The Morgan fingerprint density at radius 1 is 1.64 bits per heavy atom. The second-order valence-electron chi connectivity index (χ2n) is 3.43. The number of hydrogen-bond acceptors (Lipinski definition) is 2. The van der Waals surface area contributed by atoms with Crippen LogP contribution in [0, 0.1) is 0 Å². The molecule has 3 nitrogen and oxygen atoms in total. The number of aryl methyl sites for hydroxylation is 1. The molecule has 1 aromatic rings. The van der Waals surface area contributed by atoms with Gasteiger partial charge in [0.25, 0.3) is 0 Å². The van der Waals surface area contributed by atoms with E-state index in [1.165, 1.54) is 5.57 Å². The second-order valence-corrected chi connectivity index (χ2v) is 3.99. The molecule has 0 fully saturated rings. The van der Waals surface area contributed by atoms with E-state index in [1.807, 2.05) is 11.7 Å². The highest BCUT2D eigenvalue weighted by molar-refractivity contribution is 6.22. The van der Waals surface area contributed by atoms with Crippen molar-refractivity contribution in [3.05, 3.63) is 18.0 Å². The van der Waals surface area contributed by atoms with Gasteiger partial charge in [-0.25, -0.2) is 0 Å². The molecule has 0 amide bonds. The minimum absolute atomic E-state index is 0.157. The average molecular weight is 213 g/mol. The minimum atomic E-state index is 0.157. The van der Waals surface area contributed by atoms with E-state index >= 15 is 0 Å². The predicted octanol–water partition coefficient (Wildman–Crippen LogP) is 2.21. The summed E-state index contributed by atoms with van der Waals surface area (Å²) in [7, 11) is 3.58. The maximum absolute atomic E-state index is 6.02. The summed E-state index contributed by atoms with van der Waals surface area (Å²) >= 11 is 6.02. The second kappa shape index (κ2) is 3.65. The van der Waals surface area contributed by atoms with Crippen LogP contribution in [-0.2, 0) is 7.05 Å². The molecule has 2 rings (SSSR count). The molecule has 0 aliphatic heterocycles. The van der Waals surface area contributed by atoms with Gasteiger partial charge in [0, 0.05) is 7.05 Å². The minimum Gasteiger partial charge on any atom is -0.493 e. The highest BCUT2D eigenvalue weighted by atomic mass is 35.5. The van der Waals surface area contributed by atoms with Crippen LogP contribution in [-0.4, -0.2) is 22.3 Å². The van der Waals surface area contributed by atoms with Crippen molar-refractivity contribution in [3.8, 4) is 5.75 Å². The Morgan fingerprint density at radius 3 is 3.00 bits per heavy atom. The molecule has 0 bridgehead atoms. The van der Waals surface area contributed by atoms with Crippen LogP contribution < -0.4 is 4.74 Å². The van der Waals surface area contributed by atoms with Crippen molar-refractivity contribution in [2.45, 2.75) is 18.2 Å². The number of methoxy groups -OCH3 is 1. The first-order chi connectivity index (χ1) is 6.72. The smallest absolute Gasteiger partial charge is 0.164 e. The highest BCUT2D eigenvalue weighted by Gasteiger charge is 2.20. The van der Waals surface area contributed by atoms with Gasteiger partial charge in [-0.3, -0.25) is 4.68 Å². The van der Waals surface area contributed by atoms with Crippen molar-refractivity contribution in [3.63, 3.8) is 0 Å². The van der Waals surface area contributed by atoms with Crippen molar-refractivity contribution >= 4 is 17.2 Å². The van der Waals surface area contributed by atoms with Gasteiger partial charge in [-0.1, -0.05) is 6.08 Å². The topological polar surface area (TPSA) is 27.1 Å². The maximum atomic E-state index is 6.02. The standard InChI is InChI=1S/C10H13ClN2O/c1-13-10(9(14-2)6-12-13)7-3-4-8(11)5-7/h5-6,8H,3-4H2,1-2H3. The summed E-state index contributed by atoms with van der Waals surface area (Å²) in [6.07, 6.45) is 5.83. The molecule has 1 heterocycles. The van der Waals surface area contributed by atoms with E-state index in [0.717, 1.165) is 24.3 Å². The van der Waals surface area contributed by atoms with E-state index in [4.69, 9.17) is 16.3 Å². The predicted molar refractivity (Wildman–Crippen MR) is 56.6 cm³/mol. The molecule has 14 heavy (non-hydrogen) atoms. The molecule has 0 N–H and O–H groups in total. The van der Waals surface area contributed by atoms with Gasteiger partial charge in [-0.05, 0) is 18.4 Å². The van der Waals surface area contributed by atoms with Crippen molar-refractivity contribution in [2.24, 2.45) is 7.05 Å². The zero-order chi connectivity index (χ0) is 10.1. The molecular weight excluding hydrogens is 200 g/mol. The summed E-state index contributed by atoms with van der Waals surface area (Å²) in [6, 6.07) is 0. The normalized spacial score (nSPS) is 21.1. The number of hydrogen-bond donors (Lipinski definition) is 0. The summed E-state index contributed by atoms with van der Waals surface area (Å²) in [6.45, 7) is 0. The van der Waals surface area contributed by atoms with Gasteiger partial charge in [0.1, 0.15) is 5.69 Å². The third-order valence-corrected chi connectivity index (χ3v) is 2.84. The van der Waals surface area contributed by atoms with Crippen LogP contribution in [0.1, 0.15) is 18.5 Å². The lowest BCUT2D eigenvalue weighted by Crippen LogP contribution is -1.97. The van der Waals surface area contributed by atoms with Crippen LogP contribution in [0.5, 0.6) is 5.75 Å². The Balaban J connectivity index is 2.40. The monoisotopic (exact) mass is 212 g/mol. The van der Waals surface area contributed by atoms with Gasteiger partial charge in [-0.15, -0.1) is 11.6 Å². The lowest BCUT2D eigenvalue weighted by atomic mass is 10.1. The summed E-state index contributed by atoms with van der Waals surface area (Å²) in [5.74, 6) is 0.824. The third kappa shape index (κ3) is 1.52. The van der Waals surface area contributed by atoms with Crippen LogP contribution in [0.3, 0.4) is 0 Å². The van der Waals surface area contributed by atoms with E-state index < -0.39 is 0 Å². The number of aromatic nitrogens is 2. The highest BCUT2D eigenvalue weighted by Crippen LogP contribution is 2.34. The van der Waals surface area contributed by atoms with Crippen molar-refractivity contribution in [1.82, 2.24) is 9.78 Å². The molecule has 0 saturated carbocycles. The molecule has 1 aliphatic rings. The first kappa shape index (κ1) is 9.59. The van der Waals surface area contributed by atoms with Gasteiger partial charge in [0.15, 0.2) is 5.75 Å². The Labute approximate surface area is 88.3 Å². The fraction of sp³-hybridized carbons (Fsp3) is 0.500.